The van der Waals surface area contributed by atoms with Gasteiger partial charge in [0.25, 0.3) is 5.91 Å². The van der Waals surface area contributed by atoms with Crippen molar-refractivity contribution in [1.29, 1.82) is 0 Å². The number of carbonyl (C=O) groups excluding carboxylic acids is 2. The second kappa shape index (κ2) is 9.43. The van der Waals surface area contributed by atoms with Crippen LogP contribution in [0.5, 0.6) is 0 Å². The predicted octanol–water partition coefficient (Wildman–Crippen LogP) is -0.389. The van der Waals surface area contributed by atoms with E-state index >= 15 is 0 Å². The van der Waals surface area contributed by atoms with E-state index in [-0.39, 0.29) is 5.70 Å². The number of rotatable bonds is 6. The maximum Gasteiger partial charge on any atom is 0.273 e. The fourth-order valence-electron chi connectivity index (χ4n) is 3.50. The van der Waals surface area contributed by atoms with Gasteiger partial charge in [-0.15, -0.1) is 0 Å². The van der Waals surface area contributed by atoms with E-state index in [2.05, 4.69) is 30.4 Å². The van der Waals surface area contributed by atoms with Crippen LogP contribution in [-0.4, -0.2) is 79.7 Å². The molecule has 9 heteroatoms. The summed E-state index contributed by atoms with van der Waals surface area (Å²) in [6.45, 7) is 5.47. The Kier molecular flexibility index (Phi) is 6.72. The van der Waals surface area contributed by atoms with Gasteiger partial charge in [0.2, 0.25) is 12.4 Å². The Morgan fingerprint density at radius 2 is 2.00 bits per heavy atom. The highest BCUT2D eigenvalue weighted by Gasteiger charge is 2.26. The predicted molar refractivity (Wildman–Crippen MR) is 101 cm³/mol. The van der Waals surface area contributed by atoms with Gasteiger partial charge in [-0.25, -0.2) is 9.97 Å². The van der Waals surface area contributed by atoms with Gasteiger partial charge in [0.1, 0.15) is 5.70 Å². The molecule has 146 valence electrons. The van der Waals surface area contributed by atoms with Crippen molar-refractivity contribution in [2.45, 2.75) is 18.9 Å². The van der Waals surface area contributed by atoms with Crippen molar-refractivity contribution >= 4 is 24.3 Å². The molecule has 0 saturated carbocycles. The molecule has 0 atom stereocenters. The topological polar surface area (TPSA) is 99.7 Å². The molecule has 0 aromatic carbocycles. The molecular weight excluding hydrogens is 348 g/mol. The second-order valence-electron chi connectivity index (χ2n) is 6.55. The van der Waals surface area contributed by atoms with Gasteiger partial charge in [-0.05, 0) is 25.0 Å². The molecular formula is C18H26N6O3. The SMILES string of the molecule is CN/C(=C\c1ccnc(N2CCC(N3CCOCC3)CC2)n1)C(=O)NC=O. The zero-order valence-electron chi connectivity index (χ0n) is 15.6. The zero-order chi connectivity index (χ0) is 19.1. The van der Waals surface area contributed by atoms with E-state index in [0.717, 1.165) is 52.2 Å². The fourth-order valence-corrected chi connectivity index (χ4v) is 3.50. The van der Waals surface area contributed by atoms with Crippen LogP contribution in [0.1, 0.15) is 18.5 Å². The zero-order valence-corrected chi connectivity index (χ0v) is 15.6. The number of imide groups is 1. The van der Waals surface area contributed by atoms with Crippen LogP contribution in [0.15, 0.2) is 18.0 Å². The minimum absolute atomic E-state index is 0.262. The molecule has 3 rings (SSSR count). The van der Waals surface area contributed by atoms with Crippen LogP contribution in [0.25, 0.3) is 6.08 Å². The first-order valence-electron chi connectivity index (χ1n) is 9.25. The Bertz CT molecular complexity index is 681. The molecule has 0 unspecified atom stereocenters. The van der Waals surface area contributed by atoms with Crippen LogP contribution in [0.3, 0.4) is 0 Å². The molecule has 2 aliphatic rings. The first-order chi connectivity index (χ1) is 13.2. The van der Waals surface area contributed by atoms with Crippen LogP contribution >= 0.6 is 0 Å². The van der Waals surface area contributed by atoms with Crippen molar-refractivity contribution in [3.05, 3.63) is 23.7 Å². The van der Waals surface area contributed by atoms with Crippen molar-refractivity contribution in [1.82, 2.24) is 25.5 Å². The molecule has 0 aliphatic carbocycles. The molecule has 2 saturated heterocycles. The van der Waals surface area contributed by atoms with Crippen LogP contribution < -0.4 is 15.5 Å². The Hall–Kier alpha value is -2.52. The number of nitrogens with zero attached hydrogens (tertiary/aromatic N) is 4. The number of likely N-dealkylation sites (N-methyl/N-ethyl adjacent to an activating group) is 1. The number of anilines is 1. The van der Waals surface area contributed by atoms with Crippen LogP contribution in [0.4, 0.5) is 5.95 Å². The Balaban J connectivity index is 1.64. The van der Waals surface area contributed by atoms with Crippen molar-refractivity contribution < 1.29 is 14.3 Å². The van der Waals surface area contributed by atoms with E-state index < -0.39 is 5.91 Å². The molecule has 2 N–H and O–H groups in total. The standard InChI is InChI=1S/C18H26N6O3/c1-19-16(17(26)21-13-25)12-14-2-5-20-18(22-14)24-6-3-15(4-7-24)23-8-10-27-11-9-23/h2,5,12-13,15,19H,3-4,6-11H2,1H3,(H,21,25,26)/b16-12-. The van der Waals surface area contributed by atoms with E-state index in [1.807, 2.05) is 0 Å². The quantitative estimate of drug-likeness (QED) is 0.513. The van der Waals surface area contributed by atoms with Crippen molar-refractivity contribution in [3.8, 4) is 0 Å². The van der Waals surface area contributed by atoms with Gasteiger partial charge in [-0.1, -0.05) is 0 Å². The summed E-state index contributed by atoms with van der Waals surface area (Å²) in [4.78, 5) is 35.9. The summed E-state index contributed by atoms with van der Waals surface area (Å²) in [5.41, 5.74) is 0.874. The van der Waals surface area contributed by atoms with Crippen molar-refractivity contribution in [2.24, 2.45) is 0 Å². The molecule has 1 aromatic rings. The number of morpholine rings is 1. The molecule has 0 bridgehead atoms. The normalized spacial score (nSPS) is 19.6. The lowest BCUT2D eigenvalue weighted by Gasteiger charge is -2.40. The maximum atomic E-state index is 11.8. The Labute approximate surface area is 158 Å². The minimum atomic E-state index is -0.501. The number of carbonyl (C=O) groups is 2. The molecule has 9 nitrogen and oxygen atoms in total. The first-order valence-corrected chi connectivity index (χ1v) is 9.25. The molecule has 0 spiro atoms. The van der Waals surface area contributed by atoms with E-state index in [0.29, 0.717) is 24.1 Å². The van der Waals surface area contributed by atoms with Crippen LogP contribution in [-0.2, 0) is 14.3 Å². The average molecular weight is 374 g/mol. The second-order valence-corrected chi connectivity index (χ2v) is 6.55. The lowest BCUT2D eigenvalue weighted by Crippen LogP contribution is -2.49. The lowest BCUT2D eigenvalue weighted by atomic mass is 10.0. The van der Waals surface area contributed by atoms with Crippen LogP contribution in [0.2, 0.25) is 0 Å². The molecule has 2 fully saturated rings. The van der Waals surface area contributed by atoms with E-state index in [1.165, 1.54) is 0 Å². The number of nitrogens with one attached hydrogen (secondary N) is 2. The molecule has 1 aromatic heterocycles. The maximum absolute atomic E-state index is 11.8. The summed E-state index contributed by atoms with van der Waals surface area (Å²) in [5.74, 6) is 0.161. The summed E-state index contributed by atoms with van der Waals surface area (Å²) in [5, 5.41) is 4.89. The summed E-state index contributed by atoms with van der Waals surface area (Å²) >= 11 is 0. The van der Waals surface area contributed by atoms with Gasteiger partial charge in [-0.3, -0.25) is 19.8 Å². The third-order valence-electron chi connectivity index (χ3n) is 4.97. The smallest absolute Gasteiger partial charge is 0.273 e. The van der Waals surface area contributed by atoms with Gasteiger partial charge in [0, 0.05) is 45.5 Å². The van der Waals surface area contributed by atoms with Crippen LogP contribution in [0, 0.1) is 0 Å². The van der Waals surface area contributed by atoms with E-state index in [1.54, 1.807) is 25.4 Å². The molecule has 27 heavy (non-hydrogen) atoms. The Morgan fingerprint density at radius 1 is 1.26 bits per heavy atom. The summed E-state index contributed by atoms with van der Waals surface area (Å²) in [6, 6.07) is 2.33. The van der Waals surface area contributed by atoms with Crippen molar-refractivity contribution in [3.63, 3.8) is 0 Å². The number of ether oxygens (including phenoxy) is 1. The number of hydrogen-bond acceptors (Lipinski definition) is 8. The largest absolute Gasteiger partial charge is 0.384 e. The average Bonchev–Trinajstić information content (AvgIpc) is 2.73. The summed E-state index contributed by atoms with van der Waals surface area (Å²) in [6.07, 6.45) is 5.80. The van der Waals surface area contributed by atoms with Gasteiger partial charge in [0.15, 0.2) is 0 Å². The number of piperidine rings is 1. The molecule has 0 radical (unpaired) electrons. The lowest BCUT2D eigenvalue weighted by molar-refractivity contribution is -0.122. The molecule has 2 aliphatic heterocycles. The highest BCUT2D eigenvalue weighted by atomic mass is 16.5. The first kappa shape index (κ1) is 19.2. The van der Waals surface area contributed by atoms with Gasteiger partial charge in [-0.2, -0.15) is 0 Å². The number of aromatic nitrogens is 2. The molecule has 2 amide bonds. The van der Waals surface area contributed by atoms with E-state index in [9.17, 15) is 9.59 Å². The van der Waals surface area contributed by atoms with Gasteiger partial charge >= 0.3 is 0 Å². The van der Waals surface area contributed by atoms with E-state index in [4.69, 9.17) is 4.74 Å². The van der Waals surface area contributed by atoms with Crippen molar-refractivity contribution in [2.75, 3.05) is 51.3 Å². The number of amides is 2. The monoisotopic (exact) mass is 374 g/mol. The third-order valence-corrected chi connectivity index (χ3v) is 4.97. The van der Waals surface area contributed by atoms with Gasteiger partial charge in [0.05, 0.1) is 18.9 Å². The Morgan fingerprint density at radius 3 is 2.67 bits per heavy atom. The molecule has 3 heterocycles. The third kappa shape index (κ3) is 5.01. The van der Waals surface area contributed by atoms with Gasteiger partial charge < -0.3 is 15.0 Å². The fraction of sp³-hybridized carbons (Fsp3) is 0.556. The summed E-state index contributed by atoms with van der Waals surface area (Å²) in [7, 11) is 1.62. The highest BCUT2D eigenvalue weighted by Crippen LogP contribution is 2.21. The number of hydrogen-bond donors (Lipinski definition) is 2. The highest BCUT2D eigenvalue weighted by molar-refractivity contribution is 6.01. The summed E-state index contributed by atoms with van der Waals surface area (Å²) < 4.78 is 5.44. The minimum Gasteiger partial charge on any atom is -0.384 e.